The molecule has 0 saturated carbocycles. The summed E-state index contributed by atoms with van der Waals surface area (Å²) >= 11 is 1.77. The Balaban J connectivity index is 2.14. The zero-order valence-electron chi connectivity index (χ0n) is 11.3. The second-order valence-electron chi connectivity index (χ2n) is 5.17. The van der Waals surface area contributed by atoms with Gasteiger partial charge in [-0.1, -0.05) is 0 Å². The monoisotopic (exact) mass is 271 g/mol. The number of aromatic nitrogens is 2. The molecule has 0 atom stereocenters. The van der Waals surface area contributed by atoms with E-state index >= 15 is 0 Å². The van der Waals surface area contributed by atoms with Crippen LogP contribution in [0.2, 0.25) is 0 Å². The summed E-state index contributed by atoms with van der Waals surface area (Å²) in [5.41, 5.74) is 2.20. The molecule has 0 aliphatic heterocycles. The van der Waals surface area contributed by atoms with Crippen molar-refractivity contribution in [2.24, 2.45) is 0 Å². The quantitative estimate of drug-likeness (QED) is 0.789. The SMILES string of the molecule is CNC(C)(C)c1cncn1-c1ccc2sccc2c1. The molecule has 3 aromatic rings. The molecule has 0 aliphatic rings. The molecule has 0 fully saturated rings. The molecule has 19 heavy (non-hydrogen) atoms. The van der Waals surface area contributed by atoms with Gasteiger partial charge in [-0.15, -0.1) is 11.3 Å². The number of imidazole rings is 1. The maximum atomic E-state index is 4.31. The van der Waals surface area contributed by atoms with Crippen molar-refractivity contribution in [3.63, 3.8) is 0 Å². The minimum absolute atomic E-state index is 0.111. The van der Waals surface area contributed by atoms with E-state index in [0.29, 0.717) is 0 Å². The summed E-state index contributed by atoms with van der Waals surface area (Å²) in [5, 5.41) is 6.73. The van der Waals surface area contributed by atoms with Gasteiger partial charge in [-0.2, -0.15) is 0 Å². The van der Waals surface area contributed by atoms with Gasteiger partial charge in [-0.05, 0) is 55.9 Å². The summed E-state index contributed by atoms with van der Waals surface area (Å²) in [5.74, 6) is 0. The molecule has 0 radical (unpaired) electrons. The third-order valence-corrected chi connectivity index (χ3v) is 4.52. The van der Waals surface area contributed by atoms with Gasteiger partial charge in [0.1, 0.15) is 0 Å². The lowest BCUT2D eigenvalue weighted by atomic mass is 10.0. The van der Waals surface area contributed by atoms with Crippen LogP contribution >= 0.6 is 11.3 Å². The third-order valence-electron chi connectivity index (χ3n) is 3.62. The Hall–Kier alpha value is -1.65. The molecule has 0 saturated heterocycles. The van der Waals surface area contributed by atoms with Crippen LogP contribution < -0.4 is 5.32 Å². The summed E-state index contributed by atoms with van der Waals surface area (Å²) in [6.45, 7) is 4.31. The van der Waals surface area contributed by atoms with Crippen LogP contribution in [0.25, 0.3) is 15.8 Å². The lowest BCUT2D eigenvalue weighted by molar-refractivity contribution is 0.425. The van der Waals surface area contributed by atoms with Gasteiger partial charge in [-0.3, -0.25) is 0 Å². The molecule has 3 rings (SSSR count). The van der Waals surface area contributed by atoms with Crippen molar-refractivity contribution in [3.05, 3.63) is 47.9 Å². The van der Waals surface area contributed by atoms with Gasteiger partial charge in [0.15, 0.2) is 0 Å². The smallest absolute Gasteiger partial charge is 0.0994 e. The molecule has 4 heteroatoms. The van der Waals surface area contributed by atoms with Gasteiger partial charge in [0, 0.05) is 10.4 Å². The summed E-state index contributed by atoms with van der Waals surface area (Å²) in [7, 11) is 1.97. The number of benzene rings is 1. The Kier molecular flexibility index (Phi) is 2.92. The first-order valence-corrected chi connectivity index (χ1v) is 7.19. The van der Waals surface area contributed by atoms with Crippen LogP contribution in [0.1, 0.15) is 19.5 Å². The van der Waals surface area contributed by atoms with E-state index in [0.717, 1.165) is 11.4 Å². The molecule has 0 aliphatic carbocycles. The second-order valence-corrected chi connectivity index (χ2v) is 6.11. The van der Waals surface area contributed by atoms with Crippen LogP contribution in [0.15, 0.2) is 42.2 Å². The van der Waals surface area contributed by atoms with Gasteiger partial charge in [-0.25, -0.2) is 4.98 Å². The minimum Gasteiger partial charge on any atom is -0.310 e. The molecule has 3 nitrogen and oxygen atoms in total. The lowest BCUT2D eigenvalue weighted by Gasteiger charge is -2.25. The summed E-state index contributed by atoms with van der Waals surface area (Å²) in [6.07, 6.45) is 3.80. The maximum Gasteiger partial charge on any atom is 0.0994 e. The molecule has 2 heterocycles. The van der Waals surface area contributed by atoms with E-state index < -0.39 is 0 Å². The number of nitrogens with zero attached hydrogens (tertiary/aromatic N) is 2. The molecule has 0 unspecified atom stereocenters. The van der Waals surface area contributed by atoms with Crippen molar-refractivity contribution in [1.29, 1.82) is 0 Å². The molecule has 0 bridgehead atoms. The molecule has 1 aromatic carbocycles. The Morgan fingerprint density at radius 3 is 2.89 bits per heavy atom. The van der Waals surface area contributed by atoms with Gasteiger partial charge < -0.3 is 9.88 Å². The zero-order chi connectivity index (χ0) is 13.5. The van der Waals surface area contributed by atoms with Crippen molar-refractivity contribution < 1.29 is 0 Å². The first-order valence-electron chi connectivity index (χ1n) is 6.31. The highest BCUT2D eigenvalue weighted by molar-refractivity contribution is 7.17. The summed E-state index contributed by atoms with van der Waals surface area (Å²) in [4.78, 5) is 4.31. The van der Waals surface area contributed by atoms with E-state index in [-0.39, 0.29) is 5.54 Å². The van der Waals surface area contributed by atoms with Crippen LogP contribution in [0.4, 0.5) is 0 Å². The highest BCUT2D eigenvalue weighted by Gasteiger charge is 2.22. The number of fused-ring (bicyclic) bond motifs is 1. The molecule has 0 spiro atoms. The van der Waals surface area contributed by atoms with Gasteiger partial charge in [0.2, 0.25) is 0 Å². The Morgan fingerprint density at radius 1 is 1.26 bits per heavy atom. The van der Waals surface area contributed by atoms with Crippen LogP contribution in [0, 0.1) is 0 Å². The fourth-order valence-electron chi connectivity index (χ4n) is 2.20. The first-order chi connectivity index (χ1) is 9.12. The average Bonchev–Trinajstić information content (AvgIpc) is 3.06. The van der Waals surface area contributed by atoms with E-state index in [2.05, 4.69) is 58.4 Å². The number of hydrogen-bond acceptors (Lipinski definition) is 3. The molecular formula is C15H17N3S. The fraction of sp³-hybridized carbons (Fsp3) is 0.267. The number of rotatable bonds is 3. The highest BCUT2D eigenvalue weighted by atomic mass is 32.1. The predicted octanol–water partition coefficient (Wildman–Crippen LogP) is 3.54. The fourth-order valence-corrected chi connectivity index (χ4v) is 2.97. The van der Waals surface area contributed by atoms with E-state index in [4.69, 9.17) is 0 Å². The normalized spacial score (nSPS) is 12.2. The third kappa shape index (κ3) is 2.07. The predicted molar refractivity (Wildman–Crippen MR) is 81.0 cm³/mol. The first kappa shape index (κ1) is 12.4. The van der Waals surface area contributed by atoms with Crippen molar-refractivity contribution in [2.75, 3.05) is 7.05 Å². The molecule has 98 valence electrons. The Bertz CT molecular complexity index is 709. The van der Waals surface area contributed by atoms with Crippen molar-refractivity contribution in [1.82, 2.24) is 14.9 Å². The van der Waals surface area contributed by atoms with E-state index in [1.807, 2.05) is 19.6 Å². The van der Waals surface area contributed by atoms with E-state index in [9.17, 15) is 0 Å². The number of thiophene rings is 1. The van der Waals surface area contributed by atoms with Crippen molar-refractivity contribution in [3.8, 4) is 5.69 Å². The summed E-state index contributed by atoms with van der Waals surface area (Å²) < 4.78 is 3.46. The van der Waals surface area contributed by atoms with E-state index in [1.165, 1.54) is 10.1 Å². The molecule has 1 N–H and O–H groups in total. The maximum absolute atomic E-state index is 4.31. The molecule has 0 amide bonds. The molecular weight excluding hydrogens is 254 g/mol. The van der Waals surface area contributed by atoms with Gasteiger partial charge >= 0.3 is 0 Å². The van der Waals surface area contributed by atoms with Crippen molar-refractivity contribution in [2.45, 2.75) is 19.4 Å². The topological polar surface area (TPSA) is 29.9 Å². The van der Waals surface area contributed by atoms with E-state index in [1.54, 1.807) is 11.3 Å². The molecule has 2 aromatic heterocycles. The number of nitrogens with one attached hydrogen (secondary N) is 1. The lowest BCUT2D eigenvalue weighted by Crippen LogP contribution is -2.35. The average molecular weight is 271 g/mol. The number of hydrogen-bond donors (Lipinski definition) is 1. The van der Waals surface area contributed by atoms with Crippen molar-refractivity contribution >= 4 is 21.4 Å². The van der Waals surface area contributed by atoms with Crippen LogP contribution in [0.5, 0.6) is 0 Å². The largest absolute Gasteiger partial charge is 0.310 e. The highest BCUT2D eigenvalue weighted by Crippen LogP contribution is 2.27. The van der Waals surface area contributed by atoms with Crippen LogP contribution in [-0.2, 0) is 5.54 Å². The second kappa shape index (κ2) is 4.47. The Morgan fingerprint density at radius 2 is 2.11 bits per heavy atom. The van der Waals surface area contributed by atoms with Crippen LogP contribution in [-0.4, -0.2) is 16.6 Å². The summed E-state index contributed by atoms with van der Waals surface area (Å²) in [6, 6.07) is 8.69. The zero-order valence-corrected chi connectivity index (χ0v) is 12.2. The van der Waals surface area contributed by atoms with Crippen LogP contribution in [0.3, 0.4) is 0 Å². The van der Waals surface area contributed by atoms with Gasteiger partial charge in [0.25, 0.3) is 0 Å². The Labute approximate surface area is 116 Å². The standard InChI is InChI=1S/C15H17N3S/c1-15(2,16-3)14-9-17-10-18(14)12-4-5-13-11(8-12)6-7-19-13/h4-10,16H,1-3H3. The van der Waals surface area contributed by atoms with Gasteiger partial charge in [0.05, 0.1) is 23.8 Å². The minimum atomic E-state index is -0.111.